The number of hydrazone groups is 1. The van der Waals surface area contributed by atoms with Gasteiger partial charge in [0.2, 0.25) is 5.91 Å². The molecule has 3 saturated carbocycles. The highest BCUT2D eigenvalue weighted by Gasteiger charge is 2.71. The first-order valence-corrected chi connectivity index (χ1v) is 15.5. The third-order valence-electron chi connectivity index (χ3n) is 11.1. The van der Waals surface area contributed by atoms with E-state index in [-0.39, 0.29) is 48.2 Å². The maximum Gasteiger partial charge on any atom is 0.422 e. The Kier molecular flexibility index (Phi) is 7.92. The molecule has 6 nitrogen and oxygen atoms in total. The Morgan fingerprint density at radius 2 is 1.84 bits per heavy atom. The zero-order valence-corrected chi connectivity index (χ0v) is 25.0. The van der Waals surface area contributed by atoms with Gasteiger partial charge in [-0.2, -0.15) is 27.1 Å². The smallest absolute Gasteiger partial charge is 0.422 e. The van der Waals surface area contributed by atoms with E-state index in [0.717, 1.165) is 28.0 Å². The second-order valence-electron chi connectivity index (χ2n) is 13.5. The molecule has 0 bridgehead atoms. The molecular weight excluding hydrogens is 595 g/mol. The summed E-state index contributed by atoms with van der Waals surface area (Å²) in [5, 5.41) is 25.5. The molecule has 3 N–H and O–H groups in total. The predicted octanol–water partition coefficient (Wildman–Crippen LogP) is 6.20. The number of carbonyl (C=O) groups is 1. The summed E-state index contributed by atoms with van der Waals surface area (Å²) in [7, 11) is 0. The van der Waals surface area contributed by atoms with Crippen molar-refractivity contribution in [2.45, 2.75) is 94.4 Å². The Bertz CT molecular complexity index is 1490. The van der Waals surface area contributed by atoms with Gasteiger partial charge in [-0.05, 0) is 110 Å². The van der Waals surface area contributed by atoms with Crippen LogP contribution in [0.2, 0.25) is 0 Å². The van der Waals surface area contributed by atoms with Crippen LogP contribution in [0.3, 0.4) is 0 Å². The minimum atomic E-state index is -4.49. The first-order chi connectivity index (χ1) is 21.2. The maximum absolute atomic E-state index is 15.3. The fourth-order valence-corrected chi connectivity index (χ4v) is 8.68. The van der Waals surface area contributed by atoms with E-state index < -0.39 is 35.8 Å². The van der Waals surface area contributed by atoms with Crippen molar-refractivity contribution in [1.29, 1.82) is 0 Å². The highest BCUT2D eigenvalue weighted by atomic mass is 19.4. The third kappa shape index (κ3) is 5.48. The number of benzene rings is 1. The quantitative estimate of drug-likeness (QED) is 0.198. The molecule has 1 amide bonds. The molecule has 5 aliphatic carbocycles. The van der Waals surface area contributed by atoms with E-state index in [0.29, 0.717) is 44.9 Å². The molecule has 5 atom stereocenters. The van der Waals surface area contributed by atoms with Crippen LogP contribution in [0, 0.1) is 35.5 Å². The van der Waals surface area contributed by atoms with Crippen LogP contribution in [-0.2, 0) is 4.79 Å². The van der Waals surface area contributed by atoms with Crippen LogP contribution in [0.1, 0.15) is 76.2 Å². The van der Waals surface area contributed by atoms with E-state index in [1.165, 1.54) is 12.1 Å². The zero-order chi connectivity index (χ0) is 32.4. The number of allylic oxidation sites excluding steroid dienone is 4. The van der Waals surface area contributed by atoms with Gasteiger partial charge in [0.25, 0.3) is 0 Å². The monoisotopic (exact) mass is 632 g/mol. The molecule has 5 aliphatic rings. The Labute approximate surface area is 258 Å². The van der Waals surface area contributed by atoms with Crippen molar-refractivity contribution < 1.29 is 41.7 Å². The molecule has 242 valence electrons. The van der Waals surface area contributed by atoms with Crippen LogP contribution in [0.4, 0.5) is 22.0 Å². The number of amides is 1. The number of hydrogen-bond donors (Lipinski definition) is 3. The van der Waals surface area contributed by atoms with Crippen molar-refractivity contribution in [2.24, 2.45) is 28.3 Å². The molecule has 0 aliphatic heterocycles. The van der Waals surface area contributed by atoms with Gasteiger partial charge in [-0.1, -0.05) is 24.6 Å². The Hall–Kier alpha value is -3.23. The molecule has 0 aromatic heterocycles. The number of alkyl halides is 5. The fourth-order valence-electron chi connectivity index (χ4n) is 8.68. The molecule has 6 rings (SSSR count). The number of fused-ring (bicyclic) bond motifs is 4. The van der Waals surface area contributed by atoms with Gasteiger partial charge in [-0.25, -0.2) is 5.43 Å². The van der Waals surface area contributed by atoms with Crippen molar-refractivity contribution in [3.63, 3.8) is 0 Å². The Morgan fingerprint density at radius 1 is 1.13 bits per heavy atom. The van der Waals surface area contributed by atoms with E-state index in [1.54, 1.807) is 25.0 Å². The maximum atomic E-state index is 15.3. The molecule has 0 heterocycles. The second-order valence-corrected chi connectivity index (χ2v) is 13.5. The normalized spacial score (nSPS) is 35.4. The Balaban J connectivity index is 1.36. The highest BCUT2D eigenvalue weighted by molar-refractivity contribution is 5.98. The number of nitrogens with one attached hydrogen (secondary N) is 1. The van der Waals surface area contributed by atoms with Gasteiger partial charge in [0, 0.05) is 17.3 Å². The summed E-state index contributed by atoms with van der Waals surface area (Å²) < 4.78 is 73.7. The second kappa shape index (κ2) is 11.2. The number of halogens is 5. The van der Waals surface area contributed by atoms with Crippen LogP contribution in [0.5, 0.6) is 5.75 Å². The minimum absolute atomic E-state index is 0.0441. The average Bonchev–Trinajstić information content (AvgIpc) is 3.27. The van der Waals surface area contributed by atoms with Gasteiger partial charge in [0.15, 0.2) is 6.61 Å². The SMILES string of the molecule is C#CC(F)(F)[C@]1(O)CC[C@H]2[C@@H]3CCC4=C/C(=N/NC(=O)C5CC(O)C5)CCC4=C3[C@@H](c3ccc(OCC(F)(F)F)cc3)C[C@@]21C. The van der Waals surface area contributed by atoms with Crippen molar-refractivity contribution >= 4 is 11.6 Å². The topological polar surface area (TPSA) is 91.2 Å². The first kappa shape index (κ1) is 31.7. The number of terminal acetylenes is 1. The number of rotatable bonds is 6. The van der Waals surface area contributed by atoms with E-state index >= 15 is 8.78 Å². The number of hydrogen-bond acceptors (Lipinski definition) is 5. The van der Waals surface area contributed by atoms with Crippen LogP contribution >= 0.6 is 0 Å². The van der Waals surface area contributed by atoms with Gasteiger partial charge >= 0.3 is 12.1 Å². The summed E-state index contributed by atoms with van der Waals surface area (Å²) in [5.74, 6) is -3.30. The number of aliphatic hydroxyl groups excluding tert-OH is 1. The molecule has 45 heavy (non-hydrogen) atoms. The first-order valence-electron chi connectivity index (χ1n) is 15.5. The van der Waals surface area contributed by atoms with Crippen molar-refractivity contribution in [2.75, 3.05) is 6.61 Å². The van der Waals surface area contributed by atoms with Crippen molar-refractivity contribution in [3.05, 3.63) is 52.6 Å². The average molecular weight is 633 g/mol. The molecule has 0 spiro atoms. The number of nitrogens with zero attached hydrogens (tertiary/aromatic N) is 1. The van der Waals surface area contributed by atoms with Crippen LogP contribution in [-0.4, -0.2) is 52.2 Å². The van der Waals surface area contributed by atoms with E-state index in [9.17, 15) is 28.2 Å². The molecule has 0 unspecified atom stereocenters. The molecular formula is C34H37F5N2O4. The van der Waals surface area contributed by atoms with E-state index in [2.05, 4.69) is 10.5 Å². The molecule has 11 heteroatoms. The standard InChI is InChI=1S/C34H37F5N2O4/c1-3-33(35,36)32(44)13-12-28-26-10-6-20-14-22(40-41-30(43)21-15-23(42)16-21)7-11-25(20)29(26)27(17-31(28,32)2)19-4-8-24(9-5-19)45-18-34(37,38)39/h1,4-5,8-9,14,21,23,26-28,42,44H,6-7,10-13,15-18H2,2H3,(H,41,43)/b40-22+/t21?,23?,26-,27+,28-,31-,32-/m0/s1. The molecule has 0 saturated heterocycles. The van der Waals surface area contributed by atoms with E-state index in [4.69, 9.17) is 11.2 Å². The van der Waals surface area contributed by atoms with Crippen molar-refractivity contribution in [1.82, 2.24) is 5.43 Å². The van der Waals surface area contributed by atoms with Crippen LogP contribution < -0.4 is 10.2 Å². The fraction of sp³-hybridized carbons (Fsp3) is 0.588. The number of ether oxygens (including phenoxy) is 1. The molecule has 1 aromatic carbocycles. The van der Waals surface area contributed by atoms with E-state index in [1.807, 2.05) is 6.08 Å². The lowest BCUT2D eigenvalue weighted by atomic mass is 9.50. The lowest BCUT2D eigenvalue weighted by molar-refractivity contribution is -0.209. The largest absolute Gasteiger partial charge is 0.484 e. The molecule has 1 aromatic rings. The summed E-state index contributed by atoms with van der Waals surface area (Å²) in [6.07, 6.45) is 6.17. The lowest BCUT2D eigenvalue weighted by Crippen LogP contribution is -2.60. The summed E-state index contributed by atoms with van der Waals surface area (Å²) in [5.41, 5.74) is 3.81. The minimum Gasteiger partial charge on any atom is -0.484 e. The summed E-state index contributed by atoms with van der Waals surface area (Å²) in [4.78, 5) is 12.4. The van der Waals surface area contributed by atoms with Crippen LogP contribution in [0.15, 0.2) is 52.2 Å². The van der Waals surface area contributed by atoms with Gasteiger partial charge in [-0.15, -0.1) is 6.42 Å². The Morgan fingerprint density at radius 3 is 2.49 bits per heavy atom. The predicted molar refractivity (Wildman–Crippen MR) is 156 cm³/mol. The summed E-state index contributed by atoms with van der Waals surface area (Å²) >= 11 is 0. The van der Waals surface area contributed by atoms with Crippen molar-refractivity contribution in [3.8, 4) is 18.1 Å². The molecule has 0 radical (unpaired) electrons. The van der Waals surface area contributed by atoms with Gasteiger partial charge in [-0.3, -0.25) is 4.79 Å². The number of aliphatic hydroxyl groups is 2. The number of carbonyl (C=O) groups excluding carboxylic acids is 1. The highest BCUT2D eigenvalue weighted by Crippen LogP contribution is 2.69. The third-order valence-corrected chi connectivity index (χ3v) is 11.1. The van der Waals surface area contributed by atoms with Gasteiger partial charge in [0.05, 0.1) is 11.8 Å². The van der Waals surface area contributed by atoms with Crippen LogP contribution in [0.25, 0.3) is 0 Å². The van der Waals surface area contributed by atoms with Gasteiger partial charge in [0.1, 0.15) is 11.4 Å². The lowest BCUT2D eigenvalue weighted by Gasteiger charge is -2.55. The summed E-state index contributed by atoms with van der Waals surface area (Å²) in [6, 6.07) is 6.28. The summed E-state index contributed by atoms with van der Waals surface area (Å²) in [6.45, 7) is 0.286. The zero-order valence-electron chi connectivity index (χ0n) is 25.0. The van der Waals surface area contributed by atoms with Gasteiger partial charge < -0.3 is 14.9 Å². The molecule has 3 fully saturated rings.